The zero-order valence-electron chi connectivity index (χ0n) is 9.72. The van der Waals surface area contributed by atoms with Crippen molar-refractivity contribution in [2.24, 2.45) is 0 Å². The summed E-state index contributed by atoms with van der Waals surface area (Å²) in [5.41, 5.74) is 2.67. The number of likely N-dealkylation sites (N-methyl/N-ethyl adjacent to an activating group) is 1. The first-order valence-corrected chi connectivity index (χ1v) is 6.75. The number of nitrogens with one attached hydrogen (secondary N) is 1. The van der Waals surface area contributed by atoms with Gasteiger partial charge in [-0.1, -0.05) is 18.2 Å². The van der Waals surface area contributed by atoms with Gasteiger partial charge in [-0.3, -0.25) is 0 Å². The van der Waals surface area contributed by atoms with E-state index in [1.54, 1.807) is 11.3 Å². The number of para-hydroxylation sites is 1. The number of hydrogen-bond donors (Lipinski definition) is 1. The molecule has 88 valence electrons. The smallest absolute Gasteiger partial charge is 0.122 e. The van der Waals surface area contributed by atoms with Crippen molar-refractivity contribution in [1.29, 1.82) is 0 Å². The van der Waals surface area contributed by atoms with Gasteiger partial charge in [0, 0.05) is 17.5 Å². The number of rotatable bonds is 3. The van der Waals surface area contributed by atoms with Crippen LogP contribution in [0, 0.1) is 0 Å². The zero-order chi connectivity index (χ0) is 11.7. The van der Waals surface area contributed by atoms with Crippen molar-refractivity contribution in [3.05, 3.63) is 52.2 Å². The molecule has 0 saturated carbocycles. The first-order chi connectivity index (χ1) is 8.40. The second-order valence-corrected chi connectivity index (χ2v) is 5.06. The van der Waals surface area contributed by atoms with Crippen LogP contribution >= 0.6 is 11.3 Å². The molecule has 0 fully saturated rings. The third-order valence-electron chi connectivity index (χ3n) is 3.35. The minimum absolute atomic E-state index is 0.338. The molecule has 2 heterocycles. The van der Waals surface area contributed by atoms with Crippen LogP contribution in [0.3, 0.4) is 0 Å². The summed E-state index contributed by atoms with van der Waals surface area (Å²) < 4.78 is 5.76. The van der Waals surface area contributed by atoms with Crippen LogP contribution in [-0.4, -0.2) is 13.7 Å². The van der Waals surface area contributed by atoms with Crippen molar-refractivity contribution < 1.29 is 4.74 Å². The van der Waals surface area contributed by atoms with Crippen LogP contribution in [0.5, 0.6) is 5.75 Å². The van der Waals surface area contributed by atoms with E-state index in [4.69, 9.17) is 4.74 Å². The van der Waals surface area contributed by atoms with Gasteiger partial charge in [0.2, 0.25) is 0 Å². The maximum Gasteiger partial charge on any atom is 0.122 e. The van der Waals surface area contributed by atoms with Crippen LogP contribution in [0.4, 0.5) is 0 Å². The Hall–Kier alpha value is -1.32. The van der Waals surface area contributed by atoms with Crippen LogP contribution in [0.1, 0.15) is 23.1 Å². The van der Waals surface area contributed by atoms with E-state index in [0.717, 1.165) is 12.4 Å². The largest absolute Gasteiger partial charge is 0.493 e. The monoisotopic (exact) mass is 245 g/mol. The Kier molecular flexibility index (Phi) is 2.87. The Morgan fingerprint density at radius 3 is 3.00 bits per heavy atom. The summed E-state index contributed by atoms with van der Waals surface area (Å²) in [4.78, 5) is 0. The number of hydrogen-bond acceptors (Lipinski definition) is 3. The van der Waals surface area contributed by atoms with Gasteiger partial charge in [0.1, 0.15) is 5.75 Å². The Balaban J connectivity index is 1.95. The highest BCUT2D eigenvalue weighted by Gasteiger charge is 2.31. The Labute approximate surface area is 105 Å². The van der Waals surface area contributed by atoms with Crippen molar-refractivity contribution in [3.63, 3.8) is 0 Å². The second kappa shape index (κ2) is 4.51. The maximum absolute atomic E-state index is 5.76. The van der Waals surface area contributed by atoms with Gasteiger partial charge in [0.15, 0.2) is 0 Å². The molecule has 0 amide bonds. The molecule has 0 bridgehead atoms. The average Bonchev–Trinajstić information content (AvgIpc) is 3.01. The van der Waals surface area contributed by atoms with Crippen LogP contribution in [-0.2, 0) is 0 Å². The second-order valence-electron chi connectivity index (χ2n) is 4.28. The molecule has 1 aliphatic rings. The molecule has 1 aliphatic heterocycles. The van der Waals surface area contributed by atoms with Crippen LogP contribution < -0.4 is 10.1 Å². The lowest BCUT2D eigenvalue weighted by atomic mass is 9.90. The highest BCUT2D eigenvalue weighted by molar-refractivity contribution is 7.07. The fourth-order valence-electron chi connectivity index (χ4n) is 2.52. The molecule has 1 N–H and O–H groups in total. The third-order valence-corrected chi connectivity index (χ3v) is 4.05. The quantitative estimate of drug-likeness (QED) is 0.896. The van der Waals surface area contributed by atoms with Gasteiger partial charge < -0.3 is 10.1 Å². The molecule has 1 aromatic heterocycles. The molecule has 2 atom stereocenters. The predicted octanol–water partition coefficient (Wildman–Crippen LogP) is 3.18. The average molecular weight is 245 g/mol. The van der Waals surface area contributed by atoms with Gasteiger partial charge >= 0.3 is 0 Å². The van der Waals surface area contributed by atoms with Crippen molar-refractivity contribution in [2.75, 3.05) is 13.7 Å². The Bertz CT molecular complexity index is 495. The fourth-order valence-corrected chi connectivity index (χ4v) is 3.21. The van der Waals surface area contributed by atoms with Gasteiger partial charge in [0.05, 0.1) is 6.61 Å². The summed E-state index contributed by atoms with van der Waals surface area (Å²) >= 11 is 1.74. The van der Waals surface area contributed by atoms with E-state index in [1.807, 2.05) is 13.1 Å². The van der Waals surface area contributed by atoms with E-state index in [-0.39, 0.29) is 0 Å². The first kappa shape index (κ1) is 10.8. The maximum atomic E-state index is 5.76. The summed E-state index contributed by atoms with van der Waals surface area (Å²) in [6.45, 7) is 0.765. The predicted molar refractivity (Wildman–Crippen MR) is 70.8 cm³/mol. The molecular weight excluding hydrogens is 230 g/mol. The van der Waals surface area contributed by atoms with Crippen LogP contribution in [0.2, 0.25) is 0 Å². The van der Waals surface area contributed by atoms with Crippen molar-refractivity contribution in [2.45, 2.75) is 12.0 Å². The number of fused-ring (bicyclic) bond motifs is 1. The van der Waals surface area contributed by atoms with Crippen LogP contribution in [0.25, 0.3) is 0 Å². The minimum atomic E-state index is 0.338. The molecule has 2 unspecified atom stereocenters. The third kappa shape index (κ3) is 1.85. The molecule has 3 heteroatoms. The zero-order valence-corrected chi connectivity index (χ0v) is 10.5. The van der Waals surface area contributed by atoms with E-state index in [0.29, 0.717) is 12.0 Å². The highest BCUT2D eigenvalue weighted by Crippen LogP contribution is 2.41. The molecule has 0 radical (unpaired) electrons. The van der Waals surface area contributed by atoms with E-state index in [9.17, 15) is 0 Å². The summed E-state index contributed by atoms with van der Waals surface area (Å²) in [5.74, 6) is 1.44. The van der Waals surface area contributed by atoms with Crippen molar-refractivity contribution in [3.8, 4) is 5.75 Å². The normalized spacial score (nSPS) is 19.7. The minimum Gasteiger partial charge on any atom is -0.493 e. The molecule has 1 aromatic carbocycles. The lowest BCUT2D eigenvalue weighted by Crippen LogP contribution is -2.24. The van der Waals surface area contributed by atoms with E-state index < -0.39 is 0 Å². The van der Waals surface area contributed by atoms with Gasteiger partial charge in [-0.15, -0.1) is 0 Å². The molecule has 2 nitrogen and oxygen atoms in total. The highest BCUT2D eigenvalue weighted by atomic mass is 32.1. The SMILES string of the molecule is CNC(c1ccsc1)C1COc2ccccc21. The lowest BCUT2D eigenvalue weighted by molar-refractivity contribution is 0.304. The summed E-state index contributed by atoms with van der Waals surface area (Å²) in [5, 5.41) is 7.75. The molecule has 0 spiro atoms. The first-order valence-electron chi connectivity index (χ1n) is 5.81. The fraction of sp³-hybridized carbons (Fsp3) is 0.286. The van der Waals surface area contributed by atoms with Gasteiger partial charge in [0.25, 0.3) is 0 Å². The summed E-state index contributed by atoms with van der Waals surface area (Å²) in [6.07, 6.45) is 0. The van der Waals surface area contributed by atoms with Gasteiger partial charge in [-0.25, -0.2) is 0 Å². The van der Waals surface area contributed by atoms with Crippen molar-refractivity contribution in [1.82, 2.24) is 5.32 Å². The Morgan fingerprint density at radius 2 is 2.24 bits per heavy atom. The van der Waals surface area contributed by atoms with E-state index in [1.165, 1.54) is 11.1 Å². The number of benzene rings is 1. The molecule has 17 heavy (non-hydrogen) atoms. The van der Waals surface area contributed by atoms with Gasteiger partial charge in [-0.05, 0) is 35.5 Å². The molecule has 0 aliphatic carbocycles. The standard InChI is InChI=1S/C14H15NOS/c1-15-14(10-6-7-17-9-10)12-8-16-13-5-3-2-4-11(12)13/h2-7,9,12,14-15H,8H2,1H3. The molecule has 2 aromatic rings. The van der Waals surface area contributed by atoms with E-state index in [2.05, 4.69) is 40.3 Å². The van der Waals surface area contributed by atoms with Crippen LogP contribution in [0.15, 0.2) is 41.1 Å². The molecule has 3 rings (SSSR count). The lowest BCUT2D eigenvalue weighted by Gasteiger charge is -2.21. The Morgan fingerprint density at radius 1 is 1.35 bits per heavy atom. The number of ether oxygens (including phenoxy) is 1. The topological polar surface area (TPSA) is 21.3 Å². The van der Waals surface area contributed by atoms with E-state index >= 15 is 0 Å². The molecular formula is C14H15NOS. The summed E-state index contributed by atoms with van der Waals surface area (Å²) in [7, 11) is 2.02. The number of thiophene rings is 1. The summed E-state index contributed by atoms with van der Waals surface area (Å²) in [6, 6.07) is 10.9. The van der Waals surface area contributed by atoms with Gasteiger partial charge in [-0.2, -0.15) is 11.3 Å². The van der Waals surface area contributed by atoms with Crippen molar-refractivity contribution >= 4 is 11.3 Å². The molecule has 0 saturated heterocycles.